The fourth-order valence-corrected chi connectivity index (χ4v) is 4.61. The van der Waals surface area contributed by atoms with Gasteiger partial charge >= 0.3 is 0 Å². The molecule has 2 heterocycles. The number of nitrogens with zero attached hydrogens (tertiary/aromatic N) is 2. The standard InChI is InChI=1S/C27H33N3O5/c1-15(2)8-11-35-20-7-6-18(14-21(20)34-5)25-22-23(19-13-16(3)12-17(4)26(19)32)28-29-24(22)27(33)30(25)9-10-31/h6-7,12-15,25,31-32H,8-11H2,1-5H3,(H,28,29). The van der Waals surface area contributed by atoms with Crippen molar-refractivity contribution in [2.75, 3.05) is 26.9 Å². The van der Waals surface area contributed by atoms with Crippen LogP contribution in [0, 0.1) is 19.8 Å². The van der Waals surface area contributed by atoms with Crippen LogP contribution in [0.25, 0.3) is 11.3 Å². The molecule has 0 fully saturated rings. The number of carbonyl (C=O) groups excluding carboxylic acids is 1. The zero-order chi connectivity index (χ0) is 25.3. The number of aromatic hydroxyl groups is 1. The molecule has 0 aliphatic carbocycles. The quantitative estimate of drug-likeness (QED) is 0.421. The number of aromatic amines is 1. The van der Waals surface area contributed by atoms with Crippen LogP contribution in [0.5, 0.6) is 17.2 Å². The molecular formula is C27H33N3O5. The van der Waals surface area contributed by atoms with Crippen molar-refractivity contribution >= 4 is 5.91 Å². The summed E-state index contributed by atoms with van der Waals surface area (Å²) >= 11 is 0. The number of hydrogen-bond acceptors (Lipinski definition) is 6. The van der Waals surface area contributed by atoms with Crippen molar-refractivity contribution in [3.05, 3.63) is 58.3 Å². The summed E-state index contributed by atoms with van der Waals surface area (Å²) < 4.78 is 11.6. The average Bonchev–Trinajstić information content (AvgIpc) is 3.36. The van der Waals surface area contributed by atoms with Gasteiger partial charge in [-0.15, -0.1) is 0 Å². The number of aliphatic hydroxyl groups is 1. The Morgan fingerprint density at radius 2 is 1.94 bits per heavy atom. The molecule has 1 amide bonds. The highest BCUT2D eigenvalue weighted by molar-refractivity contribution is 6.00. The molecule has 1 unspecified atom stereocenters. The molecule has 4 rings (SSSR count). The van der Waals surface area contributed by atoms with Crippen LogP contribution in [0.1, 0.15) is 59.1 Å². The SMILES string of the molecule is COc1cc(C2c3c(-c4cc(C)cc(C)c4O)n[nH]c3C(=O)N2CCO)ccc1OCCC(C)C. The highest BCUT2D eigenvalue weighted by Crippen LogP contribution is 2.46. The molecule has 35 heavy (non-hydrogen) atoms. The van der Waals surface area contributed by atoms with E-state index in [1.807, 2.05) is 44.2 Å². The van der Waals surface area contributed by atoms with E-state index >= 15 is 0 Å². The van der Waals surface area contributed by atoms with Gasteiger partial charge in [0.2, 0.25) is 0 Å². The van der Waals surface area contributed by atoms with Crippen molar-refractivity contribution in [3.63, 3.8) is 0 Å². The molecule has 0 radical (unpaired) electrons. The van der Waals surface area contributed by atoms with Crippen LogP contribution < -0.4 is 9.47 Å². The fourth-order valence-electron chi connectivity index (χ4n) is 4.61. The highest BCUT2D eigenvalue weighted by Gasteiger charge is 2.42. The Hall–Kier alpha value is -3.52. The van der Waals surface area contributed by atoms with E-state index in [0.29, 0.717) is 46.5 Å². The number of aromatic nitrogens is 2. The van der Waals surface area contributed by atoms with Crippen molar-refractivity contribution in [1.82, 2.24) is 15.1 Å². The first-order valence-electron chi connectivity index (χ1n) is 11.9. The predicted molar refractivity (Wildman–Crippen MR) is 133 cm³/mol. The van der Waals surface area contributed by atoms with Gasteiger partial charge in [-0.3, -0.25) is 9.89 Å². The molecule has 0 spiro atoms. The van der Waals surface area contributed by atoms with Crippen LogP contribution in [0.3, 0.4) is 0 Å². The smallest absolute Gasteiger partial charge is 0.273 e. The summed E-state index contributed by atoms with van der Waals surface area (Å²) in [5, 5.41) is 27.9. The maximum Gasteiger partial charge on any atom is 0.273 e. The Bertz CT molecular complexity index is 1230. The molecule has 8 heteroatoms. The second kappa shape index (κ2) is 10.00. The van der Waals surface area contributed by atoms with E-state index < -0.39 is 6.04 Å². The second-order valence-corrected chi connectivity index (χ2v) is 9.40. The number of phenolic OH excluding ortho intramolecular Hbond substituents is 1. The summed E-state index contributed by atoms with van der Waals surface area (Å²) in [7, 11) is 1.59. The van der Waals surface area contributed by atoms with Crippen molar-refractivity contribution in [3.8, 4) is 28.5 Å². The Kier molecular flexibility index (Phi) is 7.03. The van der Waals surface area contributed by atoms with Crippen molar-refractivity contribution < 1.29 is 24.5 Å². The summed E-state index contributed by atoms with van der Waals surface area (Å²) in [5.41, 5.74) is 4.60. The molecule has 0 saturated carbocycles. The number of phenols is 1. The Morgan fingerprint density at radius 3 is 2.63 bits per heavy atom. The van der Waals surface area contributed by atoms with E-state index in [4.69, 9.17) is 9.47 Å². The molecule has 0 saturated heterocycles. The fraction of sp³-hybridized carbons (Fsp3) is 0.407. The summed E-state index contributed by atoms with van der Waals surface area (Å²) in [5.74, 6) is 1.60. The third-order valence-electron chi connectivity index (χ3n) is 6.36. The molecule has 3 N–H and O–H groups in total. The van der Waals surface area contributed by atoms with Crippen molar-refractivity contribution in [2.45, 2.75) is 40.2 Å². The molecule has 186 valence electrons. The molecule has 2 aromatic carbocycles. The average molecular weight is 480 g/mol. The largest absolute Gasteiger partial charge is 0.507 e. The summed E-state index contributed by atoms with van der Waals surface area (Å²) in [6, 6.07) is 8.86. The topological polar surface area (TPSA) is 108 Å². The van der Waals surface area contributed by atoms with Gasteiger partial charge < -0.3 is 24.6 Å². The molecular weight excluding hydrogens is 446 g/mol. The number of aliphatic hydroxyl groups excluding tert-OH is 1. The molecule has 1 aromatic heterocycles. The lowest BCUT2D eigenvalue weighted by atomic mass is 9.94. The number of nitrogens with one attached hydrogen (secondary N) is 1. The van der Waals surface area contributed by atoms with Gasteiger partial charge in [0.25, 0.3) is 5.91 Å². The Morgan fingerprint density at radius 1 is 1.17 bits per heavy atom. The van der Waals surface area contributed by atoms with Crippen molar-refractivity contribution in [1.29, 1.82) is 0 Å². The van der Waals surface area contributed by atoms with E-state index in [-0.39, 0.29) is 24.8 Å². The van der Waals surface area contributed by atoms with E-state index in [1.54, 1.807) is 12.0 Å². The molecule has 8 nitrogen and oxygen atoms in total. The number of carbonyl (C=O) groups is 1. The van der Waals surface area contributed by atoms with Gasteiger partial charge in [-0.25, -0.2) is 0 Å². The summed E-state index contributed by atoms with van der Waals surface area (Å²) in [4.78, 5) is 14.9. The zero-order valence-corrected chi connectivity index (χ0v) is 20.9. The van der Waals surface area contributed by atoms with Crippen LogP contribution in [0.15, 0.2) is 30.3 Å². The van der Waals surface area contributed by atoms with Crippen LogP contribution in [0.4, 0.5) is 0 Å². The first kappa shape index (κ1) is 24.6. The minimum atomic E-state index is -0.516. The molecule has 1 aliphatic heterocycles. The second-order valence-electron chi connectivity index (χ2n) is 9.40. The number of hydrogen-bond donors (Lipinski definition) is 3. The number of amides is 1. The summed E-state index contributed by atoms with van der Waals surface area (Å²) in [6.07, 6.45) is 0.924. The van der Waals surface area contributed by atoms with Crippen LogP contribution in [0.2, 0.25) is 0 Å². The minimum absolute atomic E-state index is 0.128. The number of fused-ring (bicyclic) bond motifs is 1. The lowest BCUT2D eigenvalue weighted by Crippen LogP contribution is -2.32. The number of benzene rings is 2. The van der Waals surface area contributed by atoms with Gasteiger partial charge in [0.15, 0.2) is 11.5 Å². The number of ether oxygens (including phenoxy) is 2. The maximum atomic E-state index is 13.3. The van der Waals surface area contributed by atoms with Crippen LogP contribution >= 0.6 is 0 Å². The molecule has 1 aliphatic rings. The molecule has 0 bridgehead atoms. The number of H-pyrrole nitrogens is 1. The molecule has 3 aromatic rings. The third kappa shape index (κ3) is 4.58. The van der Waals surface area contributed by atoms with Gasteiger partial charge in [0, 0.05) is 17.7 Å². The first-order chi connectivity index (χ1) is 16.8. The Labute approximate surface area is 205 Å². The zero-order valence-electron chi connectivity index (χ0n) is 20.9. The van der Waals surface area contributed by atoms with Gasteiger partial charge in [0.05, 0.1) is 26.4 Å². The number of aryl methyl sites for hydroxylation is 2. The highest BCUT2D eigenvalue weighted by atomic mass is 16.5. The lowest BCUT2D eigenvalue weighted by molar-refractivity contribution is 0.0706. The van der Waals surface area contributed by atoms with Crippen LogP contribution in [-0.4, -0.2) is 58.1 Å². The van der Waals surface area contributed by atoms with Gasteiger partial charge in [-0.1, -0.05) is 26.0 Å². The number of β-amino-alcohol motifs (C(OH)–C–C–N with tert-alkyl or cyclic N) is 1. The van der Waals surface area contributed by atoms with E-state index in [9.17, 15) is 15.0 Å². The van der Waals surface area contributed by atoms with E-state index in [0.717, 1.165) is 23.1 Å². The normalized spacial score (nSPS) is 15.1. The predicted octanol–water partition coefficient (Wildman–Crippen LogP) is 4.37. The number of methoxy groups -OCH3 is 1. The van der Waals surface area contributed by atoms with Gasteiger partial charge in [0.1, 0.15) is 17.1 Å². The maximum absolute atomic E-state index is 13.3. The van der Waals surface area contributed by atoms with E-state index in [2.05, 4.69) is 24.0 Å². The van der Waals surface area contributed by atoms with Gasteiger partial charge in [-0.2, -0.15) is 5.10 Å². The van der Waals surface area contributed by atoms with Crippen molar-refractivity contribution in [2.24, 2.45) is 5.92 Å². The third-order valence-corrected chi connectivity index (χ3v) is 6.36. The molecule has 1 atom stereocenters. The Balaban J connectivity index is 1.81. The lowest BCUT2D eigenvalue weighted by Gasteiger charge is -2.26. The van der Waals surface area contributed by atoms with Gasteiger partial charge in [-0.05, 0) is 61.1 Å². The monoisotopic (exact) mass is 479 g/mol. The van der Waals surface area contributed by atoms with E-state index in [1.165, 1.54) is 0 Å². The number of rotatable bonds is 9. The van der Waals surface area contributed by atoms with Crippen LogP contribution in [-0.2, 0) is 0 Å². The summed E-state index contributed by atoms with van der Waals surface area (Å²) in [6.45, 7) is 8.62. The first-order valence-corrected chi connectivity index (χ1v) is 11.9. The minimum Gasteiger partial charge on any atom is -0.507 e.